The second-order valence-corrected chi connectivity index (χ2v) is 7.67. The first kappa shape index (κ1) is 16.7. The van der Waals surface area contributed by atoms with E-state index in [4.69, 9.17) is 14.8 Å². The molecule has 3 heterocycles. The fraction of sp³-hybridized carbons (Fsp3) is 0.182. The number of fused-ring (bicyclic) bond motifs is 3. The zero-order chi connectivity index (χ0) is 18.4. The standard InChI is InChI=1S/C22H18BrN3O/c1-14-20-18-11-12-27-13-19(18)21(15-7-9-16(23)10-8-15)24-22(20)26(25-14)17-5-3-2-4-6-17/h2-10H,11-13H2,1H3. The highest BCUT2D eigenvalue weighted by molar-refractivity contribution is 9.10. The molecule has 0 aliphatic carbocycles. The van der Waals surface area contributed by atoms with Gasteiger partial charge in [0, 0.05) is 21.0 Å². The molecule has 1 aliphatic rings. The van der Waals surface area contributed by atoms with Crippen LogP contribution in [0.2, 0.25) is 0 Å². The summed E-state index contributed by atoms with van der Waals surface area (Å²) < 4.78 is 8.80. The highest BCUT2D eigenvalue weighted by Crippen LogP contribution is 2.35. The molecule has 1 aliphatic heterocycles. The maximum absolute atomic E-state index is 5.79. The summed E-state index contributed by atoms with van der Waals surface area (Å²) >= 11 is 3.52. The molecule has 27 heavy (non-hydrogen) atoms. The minimum Gasteiger partial charge on any atom is -0.376 e. The van der Waals surface area contributed by atoms with Gasteiger partial charge in [0.15, 0.2) is 5.65 Å². The van der Waals surface area contributed by atoms with Gasteiger partial charge in [-0.1, -0.05) is 46.3 Å². The van der Waals surface area contributed by atoms with Crippen molar-refractivity contribution in [3.8, 4) is 16.9 Å². The van der Waals surface area contributed by atoms with Crippen LogP contribution < -0.4 is 0 Å². The Morgan fingerprint density at radius 3 is 2.56 bits per heavy atom. The van der Waals surface area contributed by atoms with Gasteiger partial charge in [-0.05, 0) is 43.2 Å². The molecule has 134 valence electrons. The average Bonchev–Trinajstić information content (AvgIpc) is 3.05. The Morgan fingerprint density at radius 2 is 1.78 bits per heavy atom. The number of aryl methyl sites for hydroxylation is 1. The van der Waals surface area contributed by atoms with Gasteiger partial charge in [0.2, 0.25) is 0 Å². The largest absolute Gasteiger partial charge is 0.376 e. The zero-order valence-corrected chi connectivity index (χ0v) is 16.5. The summed E-state index contributed by atoms with van der Waals surface area (Å²) in [7, 11) is 0. The van der Waals surface area contributed by atoms with Crippen molar-refractivity contribution < 1.29 is 4.74 Å². The van der Waals surface area contributed by atoms with E-state index in [1.165, 1.54) is 11.1 Å². The van der Waals surface area contributed by atoms with Crippen molar-refractivity contribution in [3.63, 3.8) is 0 Å². The lowest BCUT2D eigenvalue weighted by Crippen LogP contribution is -2.13. The van der Waals surface area contributed by atoms with Crippen LogP contribution in [0, 0.1) is 6.92 Å². The van der Waals surface area contributed by atoms with Crippen LogP contribution in [0.4, 0.5) is 0 Å². The van der Waals surface area contributed by atoms with Crippen molar-refractivity contribution in [3.05, 3.63) is 75.9 Å². The van der Waals surface area contributed by atoms with Crippen molar-refractivity contribution in [2.45, 2.75) is 20.0 Å². The lowest BCUT2D eigenvalue weighted by Gasteiger charge is -2.21. The third-order valence-corrected chi connectivity index (χ3v) is 5.60. The molecule has 0 amide bonds. The summed E-state index contributed by atoms with van der Waals surface area (Å²) in [4.78, 5) is 5.09. The van der Waals surface area contributed by atoms with Gasteiger partial charge in [-0.15, -0.1) is 0 Å². The topological polar surface area (TPSA) is 39.9 Å². The molecule has 0 saturated carbocycles. The minimum atomic E-state index is 0.597. The molecule has 0 N–H and O–H groups in total. The van der Waals surface area contributed by atoms with Gasteiger partial charge in [0.1, 0.15) is 0 Å². The number of halogens is 1. The highest BCUT2D eigenvalue weighted by Gasteiger charge is 2.24. The Balaban J connectivity index is 1.84. The average molecular weight is 420 g/mol. The fourth-order valence-corrected chi connectivity index (χ4v) is 4.08. The number of rotatable bonds is 2. The van der Waals surface area contributed by atoms with Gasteiger partial charge in [0.05, 0.1) is 30.3 Å². The number of ether oxygens (including phenoxy) is 1. The van der Waals surface area contributed by atoms with Crippen molar-refractivity contribution >= 4 is 27.0 Å². The lowest BCUT2D eigenvalue weighted by atomic mass is 9.95. The Labute approximate surface area is 165 Å². The first-order valence-electron chi connectivity index (χ1n) is 9.02. The molecule has 0 atom stereocenters. The quantitative estimate of drug-likeness (QED) is 0.446. The maximum Gasteiger partial charge on any atom is 0.164 e. The normalized spacial score (nSPS) is 13.7. The fourth-order valence-electron chi connectivity index (χ4n) is 3.81. The van der Waals surface area contributed by atoms with E-state index in [1.807, 2.05) is 22.9 Å². The SMILES string of the molecule is Cc1nn(-c2ccccc2)c2nc(-c3ccc(Br)cc3)c3c(c12)CCOC3. The Morgan fingerprint density at radius 1 is 1.00 bits per heavy atom. The molecule has 4 nitrogen and oxygen atoms in total. The van der Waals surface area contributed by atoms with Crippen LogP contribution in [0.15, 0.2) is 59.1 Å². The van der Waals surface area contributed by atoms with E-state index >= 15 is 0 Å². The predicted octanol–water partition coefficient (Wildman–Crippen LogP) is 5.23. The molecule has 0 bridgehead atoms. The first-order valence-corrected chi connectivity index (χ1v) is 9.82. The van der Waals surface area contributed by atoms with Crippen LogP contribution in [0.3, 0.4) is 0 Å². The molecule has 0 radical (unpaired) electrons. The Bertz CT molecular complexity index is 1130. The van der Waals surface area contributed by atoms with E-state index in [0.29, 0.717) is 6.61 Å². The van der Waals surface area contributed by atoms with Gasteiger partial charge < -0.3 is 4.74 Å². The van der Waals surface area contributed by atoms with Crippen molar-refractivity contribution in [2.24, 2.45) is 0 Å². The lowest BCUT2D eigenvalue weighted by molar-refractivity contribution is 0.111. The summed E-state index contributed by atoms with van der Waals surface area (Å²) in [5.41, 5.74) is 7.55. The van der Waals surface area contributed by atoms with Gasteiger partial charge >= 0.3 is 0 Å². The van der Waals surface area contributed by atoms with Crippen LogP contribution in [0.25, 0.3) is 28.0 Å². The summed E-state index contributed by atoms with van der Waals surface area (Å²) in [6, 6.07) is 18.5. The van der Waals surface area contributed by atoms with Gasteiger partial charge in [0.25, 0.3) is 0 Å². The molecular formula is C22H18BrN3O. The number of benzene rings is 2. The summed E-state index contributed by atoms with van der Waals surface area (Å²) in [5, 5.41) is 5.99. The Kier molecular flexibility index (Phi) is 4.06. The molecule has 0 spiro atoms. The third-order valence-electron chi connectivity index (χ3n) is 5.07. The van der Waals surface area contributed by atoms with Crippen LogP contribution in [0.5, 0.6) is 0 Å². The van der Waals surface area contributed by atoms with E-state index in [9.17, 15) is 0 Å². The molecular weight excluding hydrogens is 402 g/mol. The molecule has 5 rings (SSSR count). The molecule has 0 fully saturated rings. The second-order valence-electron chi connectivity index (χ2n) is 6.76. The minimum absolute atomic E-state index is 0.597. The van der Waals surface area contributed by atoms with E-state index in [-0.39, 0.29) is 0 Å². The highest BCUT2D eigenvalue weighted by atomic mass is 79.9. The molecule has 0 unspecified atom stereocenters. The zero-order valence-electron chi connectivity index (χ0n) is 14.9. The van der Waals surface area contributed by atoms with Crippen LogP contribution in [-0.2, 0) is 17.8 Å². The first-order chi connectivity index (χ1) is 13.2. The number of hydrogen-bond acceptors (Lipinski definition) is 3. The number of hydrogen-bond donors (Lipinski definition) is 0. The smallest absolute Gasteiger partial charge is 0.164 e. The van der Waals surface area contributed by atoms with E-state index in [1.54, 1.807) is 0 Å². The second kappa shape index (κ2) is 6.59. The molecule has 2 aromatic carbocycles. The summed E-state index contributed by atoms with van der Waals surface area (Å²) in [6.07, 6.45) is 0.888. The van der Waals surface area contributed by atoms with Crippen LogP contribution in [-0.4, -0.2) is 21.4 Å². The van der Waals surface area contributed by atoms with E-state index < -0.39 is 0 Å². The van der Waals surface area contributed by atoms with Gasteiger partial charge in [-0.25, -0.2) is 9.67 Å². The maximum atomic E-state index is 5.79. The van der Waals surface area contributed by atoms with E-state index in [0.717, 1.165) is 51.2 Å². The number of para-hydroxylation sites is 1. The third kappa shape index (κ3) is 2.78. The van der Waals surface area contributed by atoms with E-state index in [2.05, 4.69) is 59.3 Å². The number of aromatic nitrogens is 3. The number of pyridine rings is 1. The van der Waals surface area contributed by atoms with Gasteiger partial charge in [-0.3, -0.25) is 0 Å². The van der Waals surface area contributed by atoms with Crippen LogP contribution >= 0.6 is 15.9 Å². The molecule has 0 saturated heterocycles. The van der Waals surface area contributed by atoms with Crippen molar-refractivity contribution in [1.82, 2.24) is 14.8 Å². The summed E-state index contributed by atoms with van der Waals surface area (Å²) in [5.74, 6) is 0. The summed E-state index contributed by atoms with van der Waals surface area (Å²) in [6.45, 7) is 3.40. The number of nitrogens with zero attached hydrogens (tertiary/aromatic N) is 3. The molecule has 2 aromatic heterocycles. The monoisotopic (exact) mass is 419 g/mol. The van der Waals surface area contributed by atoms with Crippen molar-refractivity contribution in [2.75, 3.05) is 6.61 Å². The molecule has 5 heteroatoms. The van der Waals surface area contributed by atoms with Crippen LogP contribution in [0.1, 0.15) is 16.8 Å². The predicted molar refractivity (Wildman–Crippen MR) is 110 cm³/mol. The van der Waals surface area contributed by atoms with Crippen molar-refractivity contribution in [1.29, 1.82) is 0 Å². The molecule has 4 aromatic rings. The Hall–Kier alpha value is -2.50. The van der Waals surface area contributed by atoms with Gasteiger partial charge in [-0.2, -0.15) is 5.10 Å².